The van der Waals surface area contributed by atoms with Gasteiger partial charge < -0.3 is 4.74 Å². The van der Waals surface area contributed by atoms with Crippen LogP contribution in [0.5, 0.6) is 5.75 Å². The maximum absolute atomic E-state index is 12.6. The summed E-state index contributed by atoms with van der Waals surface area (Å²) in [6.07, 6.45) is 5.85. The molecule has 4 nitrogen and oxygen atoms in total. The number of carbonyl (C=O) groups excluding carboxylic acids is 1. The molecule has 0 aliphatic heterocycles. The number of benzene rings is 1. The van der Waals surface area contributed by atoms with E-state index in [0.717, 1.165) is 41.1 Å². The Bertz CT molecular complexity index is 732. The number of ether oxygens (including phenoxy) is 1. The summed E-state index contributed by atoms with van der Waals surface area (Å²) in [5, 5.41) is 4.45. The summed E-state index contributed by atoms with van der Waals surface area (Å²) in [6, 6.07) is 5.88. The molecular weight excluding hydrogens is 312 g/mol. The quantitative estimate of drug-likeness (QED) is 0.637. The lowest BCUT2D eigenvalue weighted by Crippen LogP contribution is -2.22. The van der Waals surface area contributed by atoms with E-state index in [2.05, 4.69) is 12.0 Å². The zero-order valence-corrected chi connectivity index (χ0v) is 16.2. The highest BCUT2D eigenvalue weighted by Gasteiger charge is 2.17. The van der Waals surface area contributed by atoms with Gasteiger partial charge in [-0.25, -0.2) is 4.68 Å². The van der Waals surface area contributed by atoms with Gasteiger partial charge >= 0.3 is 0 Å². The molecule has 0 unspecified atom stereocenters. The van der Waals surface area contributed by atoms with Crippen LogP contribution in [0.3, 0.4) is 0 Å². The summed E-state index contributed by atoms with van der Waals surface area (Å²) in [5.41, 5.74) is 5.33. The van der Waals surface area contributed by atoms with Gasteiger partial charge in [0.25, 0.3) is 5.91 Å². The number of aryl methyl sites for hydroxylation is 2. The highest BCUT2D eigenvalue weighted by molar-refractivity contribution is 5.80. The smallest absolute Gasteiger partial charge is 0.284 e. The summed E-state index contributed by atoms with van der Waals surface area (Å²) >= 11 is 0. The molecule has 136 valence electrons. The molecule has 0 bridgehead atoms. The van der Waals surface area contributed by atoms with E-state index < -0.39 is 0 Å². The van der Waals surface area contributed by atoms with Crippen molar-refractivity contribution in [2.75, 3.05) is 6.61 Å². The van der Waals surface area contributed by atoms with Crippen LogP contribution in [0.2, 0.25) is 0 Å². The second kappa shape index (κ2) is 8.84. The molecule has 2 aromatic rings. The monoisotopic (exact) mass is 342 g/mol. The van der Waals surface area contributed by atoms with Gasteiger partial charge in [0.1, 0.15) is 5.75 Å². The molecule has 0 saturated heterocycles. The second-order valence-electron chi connectivity index (χ2n) is 6.75. The Morgan fingerprint density at radius 1 is 1.12 bits per heavy atom. The first-order valence-electron chi connectivity index (χ1n) is 9.23. The number of aromatic nitrogens is 2. The van der Waals surface area contributed by atoms with Crippen molar-refractivity contribution in [3.05, 3.63) is 46.3 Å². The number of hydrogen-bond donors (Lipinski definition) is 0. The number of carbonyl (C=O) groups is 1. The first-order chi connectivity index (χ1) is 12.0. The van der Waals surface area contributed by atoms with Crippen LogP contribution in [0.25, 0.3) is 0 Å². The van der Waals surface area contributed by atoms with Crippen molar-refractivity contribution in [2.24, 2.45) is 0 Å². The summed E-state index contributed by atoms with van der Waals surface area (Å²) in [7, 11) is 0. The van der Waals surface area contributed by atoms with E-state index in [9.17, 15) is 4.79 Å². The number of unbranched alkanes of at least 4 members (excludes halogenated alkanes) is 3. The van der Waals surface area contributed by atoms with E-state index in [1.165, 1.54) is 29.5 Å². The van der Waals surface area contributed by atoms with Crippen LogP contribution < -0.4 is 4.74 Å². The van der Waals surface area contributed by atoms with E-state index in [-0.39, 0.29) is 12.5 Å². The lowest BCUT2D eigenvalue weighted by atomic mass is 10.0. The van der Waals surface area contributed by atoms with E-state index in [1.807, 2.05) is 45.9 Å². The Kier molecular flexibility index (Phi) is 6.80. The van der Waals surface area contributed by atoms with Gasteiger partial charge in [-0.1, -0.05) is 38.3 Å². The van der Waals surface area contributed by atoms with Crippen LogP contribution in [0.15, 0.2) is 18.2 Å². The van der Waals surface area contributed by atoms with Crippen molar-refractivity contribution in [3.8, 4) is 5.75 Å². The number of hydrogen-bond acceptors (Lipinski definition) is 3. The zero-order chi connectivity index (χ0) is 18.4. The number of nitrogens with zero attached hydrogens (tertiary/aromatic N) is 2. The van der Waals surface area contributed by atoms with Crippen molar-refractivity contribution in [1.82, 2.24) is 9.78 Å². The molecule has 0 saturated carbocycles. The average molecular weight is 342 g/mol. The lowest BCUT2D eigenvalue weighted by molar-refractivity contribution is 0.0817. The van der Waals surface area contributed by atoms with E-state index in [0.29, 0.717) is 0 Å². The van der Waals surface area contributed by atoms with Crippen molar-refractivity contribution >= 4 is 5.91 Å². The Balaban J connectivity index is 2.03. The van der Waals surface area contributed by atoms with Gasteiger partial charge in [-0.2, -0.15) is 5.10 Å². The molecule has 2 rings (SSSR count). The molecule has 0 spiro atoms. The van der Waals surface area contributed by atoms with Gasteiger partial charge in [0.2, 0.25) is 0 Å². The Labute approximate surface area is 151 Å². The van der Waals surface area contributed by atoms with Gasteiger partial charge in [0, 0.05) is 5.69 Å². The summed E-state index contributed by atoms with van der Waals surface area (Å²) in [6.45, 7) is 10.2. The largest absolute Gasteiger partial charge is 0.483 e. The minimum Gasteiger partial charge on any atom is -0.483 e. The van der Waals surface area contributed by atoms with Crippen molar-refractivity contribution < 1.29 is 9.53 Å². The molecule has 4 heteroatoms. The Hall–Kier alpha value is -2.10. The normalized spacial score (nSPS) is 10.9. The van der Waals surface area contributed by atoms with E-state index in [4.69, 9.17) is 4.74 Å². The minimum absolute atomic E-state index is 0.00152. The van der Waals surface area contributed by atoms with Crippen LogP contribution in [0, 0.1) is 27.7 Å². The third kappa shape index (κ3) is 4.71. The fourth-order valence-electron chi connectivity index (χ4n) is 3.09. The minimum atomic E-state index is -0.124. The molecule has 0 fully saturated rings. The Morgan fingerprint density at radius 2 is 1.88 bits per heavy atom. The molecular formula is C21H30N2O2. The van der Waals surface area contributed by atoms with Crippen LogP contribution in [-0.4, -0.2) is 22.3 Å². The lowest BCUT2D eigenvalue weighted by Gasteiger charge is -2.11. The van der Waals surface area contributed by atoms with Gasteiger partial charge in [0.15, 0.2) is 6.61 Å². The third-order valence-corrected chi connectivity index (χ3v) is 4.86. The molecule has 1 aromatic heterocycles. The van der Waals surface area contributed by atoms with Crippen molar-refractivity contribution in [3.63, 3.8) is 0 Å². The van der Waals surface area contributed by atoms with Crippen LogP contribution in [0.1, 0.15) is 65.5 Å². The molecule has 0 atom stereocenters. The topological polar surface area (TPSA) is 44.1 Å². The highest BCUT2D eigenvalue weighted by atomic mass is 16.5. The highest BCUT2D eigenvalue weighted by Crippen LogP contribution is 2.21. The van der Waals surface area contributed by atoms with Gasteiger partial charge in [-0.15, -0.1) is 0 Å². The number of rotatable bonds is 8. The first kappa shape index (κ1) is 19.2. The van der Waals surface area contributed by atoms with Crippen LogP contribution >= 0.6 is 0 Å². The average Bonchev–Trinajstić information content (AvgIpc) is 2.87. The van der Waals surface area contributed by atoms with Crippen LogP contribution in [-0.2, 0) is 6.42 Å². The fourth-order valence-corrected chi connectivity index (χ4v) is 3.09. The predicted octanol–water partition coefficient (Wildman–Crippen LogP) is 4.96. The first-order valence-corrected chi connectivity index (χ1v) is 9.23. The van der Waals surface area contributed by atoms with E-state index >= 15 is 0 Å². The molecule has 0 aliphatic carbocycles. The van der Waals surface area contributed by atoms with Crippen molar-refractivity contribution in [2.45, 2.75) is 66.7 Å². The molecule has 25 heavy (non-hydrogen) atoms. The van der Waals surface area contributed by atoms with Crippen LogP contribution in [0.4, 0.5) is 0 Å². The van der Waals surface area contributed by atoms with Gasteiger partial charge in [-0.3, -0.25) is 4.79 Å². The zero-order valence-electron chi connectivity index (χ0n) is 16.2. The molecule has 0 aliphatic rings. The maximum Gasteiger partial charge on any atom is 0.284 e. The predicted molar refractivity (Wildman–Crippen MR) is 102 cm³/mol. The summed E-state index contributed by atoms with van der Waals surface area (Å²) in [4.78, 5) is 12.6. The SMILES string of the molecule is CCCCCCc1c(C)nn(C(=O)COc2cccc(C)c2C)c1C. The maximum atomic E-state index is 12.6. The summed E-state index contributed by atoms with van der Waals surface area (Å²) < 4.78 is 7.25. The van der Waals surface area contributed by atoms with Crippen molar-refractivity contribution in [1.29, 1.82) is 0 Å². The molecule has 0 N–H and O–H groups in total. The molecule has 0 radical (unpaired) electrons. The fraction of sp³-hybridized carbons (Fsp3) is 0.524. The second-order valence-corrected chi connectivity index (χ2v) is 6.75. The van der Waals surface area contributed by atoms with Gasteiger partial charge in [-0.05, 0) is 63.3 Å². The van der Waals surface area contributed by atoms with E-state index in [1.54, 1.807) is 0 Å². The molecule has 1 aromatic carbocycles. The Morgan fingerprint density at radius 3 is 2.60 bits per heavy atom. The third-order valence-electron chi connectivity index (χ3n) is 4.86. The molecule has 0 amide bonds. The van der Waals surface area contributed by atoms with Gasteiger partial charge in [0.05, 0.1) is 5.69 Å². The standard InChI is InChI=1S/C21H30N2O2/c1-6-7-8-9-12-19-17(4)22-23(18(19)5)21(24)14-25-20-13-10-11-15(2)16(20)3/h10-11,13H,6-9,12,14H2,1-5H3. The summed E-state index contributed by atoms with van der Waals surface area (Å²) in [5.74, 6) is 0.635. The molecule has 1 heterocycles.